The summed E-state index contributed by atoms with van der Waals surface area (Å²) in [6.07, 6.45) is 0. The van der Waals surface area contributed by atoms with Gasteiger partial charge in [0.25, 0.3) is 5.56 Å². The molecule has 0 radical (unpaired) electrons. The first kappa shape index (κ1) is 11.0. The lowest BCUT2D eigenvalue weighted by atomic mass is 9.98. The van der Waals surface area contributed by atoms with Crippen LogP contribution in [0.15, 0.2) is 35.1 Å². The smallest absolute Gasteiger partial charge is 0.260 e. The molecule has 0 saturated carbocycles. The molecular weight excluding hydrogens is 248 g/mol. The van der Waals surface area contributed by atoms with Gasteiger partial charge in [0.05, 0.1) is 5.56 Å². The Kier molecular flexibility index (Phi) is 2.41. The van der Waals surface area contributed by atoms with Gasteiger partial charge in [0.2, 0.25) is 5.88 Å². The van der Waals surface area contributed by atoms with Gasteiger partial charge >= 0.3 is 0 Å². The first-order valence-corrected chi connectivity index (χ1v) is 5.86. The molecule has 3 rings (SSSR count). The summed E-state index contributed by atoms with van der Waals surface area (Å²) in [7, 11) is 0. The number of aromatic amines is 1. The molecule has 0 spiro atoms. The maximum absolute atomic E-state index is 11.7. The van der Waals surface area contributed by atoms with E-state index in [-0.39, 0.29) is 10.5 Å². The van der Waals surface area contributed by atoms with E-state index in [4.69, 9.17) is 22.7 Å². The van der Waals surface area contributed by atoms with Crippen LogP contribution in [0.1, 0.15) is 11.1 Å². The minimum Gasteiger partial charge on any atom is -0.474 e. The van der Waals surface area contributed by atoms with Crippen LogP contribution in [0.3, 0.4) is 0 Å². The first-order valence-electron chi connectivity index (χ1n) is 5.45. The standard InChI is InChI=1S/C13H10N2O2S/c14-11(18)10-5-9-8-4-2-1-3-7(8)6-17-13(9)15-12(10)16/h1-5H,6H2,(H2,14,18)(H,15,16). The van der Waals surface area contributed by atoms with E-state index in [2.05, 4.69) is 4.98 Å². The van der Waals surface area contributed by atoms with E-state index in [1.807, 2.05) is 24.3 Å². The van der Waals surface area contributed by atoms with Crippen molar-refractivity contribution in [2.24, 2.45) is 5.73 Å². The summed E-state index contributed by atoms with van der Waals surface area (Å²) >= 11 is 4.87. The molecule has 1 aliphatic heterocycles. The lowest BCUT2D eigenvalue weighted by Crippen LogP contribution is -2.24. The zero-order valence-electron chi connectivity index (χ0n) is 9.40. The fraction of sp³-hybridized carbons (Fsp3) is 0.0769. The van der Waals surface area contributed by atoms with E-state index in [9.17, 15) is 4.79 Å². The molecule has 5 heteroatoms. The van der Waals surface area contributed by atoms with Gasteiger partial charge in [-0.05, 0) is 17.2 Å². The molecule has 1 aromatic heterocycles. The molecule has 2 heterocycles. The van der Waals surface area contributed by atoms with Crippen LogP contribution in [-0.2, 0) is 6.61 Å². The molecule has 4 nitrogen and oxygen atoms in total. The third kappa shape index (κ3) is 1.60. The van der Waals surface area contributed by atoms with Gasteiger partial charge in [-0.25, -0.2) is 0 Å². The van der Waals surface area contributed by atoms with E-state index in [0.717, 1.165) is 16.7 Å². The SMILES string of the molecule is NC(=S)c1cc2c([nH]c1=O)OCc1ccccc1-2. The summed E-state index contributed by atoms with van der Waals surface area (Å²) in [5.41, 5.74) is 8.46. The number of nitrogens with one attached hydrogen (secondary N) is 1. The summed E-state index contributed by atoms with van der Waals surface area (Å²) in [4.78, 5) is 14.5. The summed E-state index contributed by atoms with van der Waals surface area (Å²) in [5.74, 6) is 0.471. The highest BCUT2D eigenvalue weighted by atomic mass is 32.1. The van der Waals surface area contributed by atoms with Crippen molar-refractivity contribution in [1.29, 1.82) is 0 Å². The van der Waals surface area contributed by atoms with E-state index in [1.54, 1.807) is 6.07 Å². The van der Waals surface area contributed by atoms with Crippen molar-refractivity contribution in [3.63, 3.8) is 0 Å². The minimum atomic E-state index is -0.319. The van der Waals surface area contributed by atoms with Crippen LogP contribution >= 0.6 is 12.2 Å². The monoisotopic (exact) mass is 258 g/mol. The predicted molar refractivity (Wildman–Crippen MR) is 72.7 cm³/mol. The summed E-state index contributed by atoms with van der Waals surface area (Å²) < 4.78 is 5.53. The second-order valence-electron chi connectivity index (χ2n) is 4.07. The number of thiocarbonyl (C=S) groups is 1. The number of benzene rings is 1. The van der Waals surface area contributed by atoms with Crippen molar-refractivity contribution in [3.8, 4) is 17.0 Å². The highest BCUT2D eigenvalue weighted by molar-refractivity contribution is 7.80. The number of rotatable bonds is 1. The summed E-state index contributed by atoms with van der Waals surface area (Å²) in [6.45, 7) is 0.450. The molecule has 0 unspecified atom stereocenters. The van der Waals surface area contributed by atoms with Crippen LogP contribution < -0.4 is 16.0 Å². The molecule has 0 amide bonds. The molecule has 0 fully saturated rings. The van der Waals surface area contributed by atoms with Crippen molar-refractivity contribution in [1.82, 2.24) is 4.98 Å². The molecule has 0 atom stereocenters. The Morgan fingerprint density at radius 2 is 2.11 bits per heavy atom. The predicted octanol–water partition coefficient (Wildman–Crippen LogP) is 1.57. The molecule has 1 aromatic carbocycles. The van der Waals surface area contributed by atoms with Gasteiger partial charge in [-0.1, -0.05) is 36.5 Å². The van der Waals surface area contributed by atoms with Gasteiger partial charge in [0.15, 0.2) is 0 Å². The fourth-order valence-corrected chi connectivity index (χ4v) is 2.22. The van der Waals surface area contributed by atoms with Crippen molar-refractivity contribution < 1.29 is 4.74 Å². The topological polar surface area (TPSA) is 68.1 Å². The van der Waals surface area contributed by atoms with Gasteiger partial charge in [-0.15, -0.1) is 0 Å². The normalized spacial score (nSPS) is 12.2. The average Bonchev–Trinajstić information content (AvgIpc) is 2.37. The number of ether oxygens (including phenoxy) is 1. The van der Waals surface area contributed by atoms with Gasteiger partial charge in [0.1, 0.15) is 11.6 Å². The third-order valence-corrected chi connectivity index (χ3v) is 3.17. The van der Waals surface area contributed by atoms with E-state index in [0.29, 0.717) is 18.1 Å². The zero-order valence-corrected chi connectivity index (χ0v) is 10.2. The Morgan fingerprint density at radius 3 is 2.89 bits per heavy atom. The third-order valence-electron chi connectivity index (χ3n) is 2.95. The van der Waals surface area contributed by atoms with Crippen LogP contribution in [0.25, 0.3) is 11.1 Å². The molecular formula is C13H10N2O2S. The van der Waals surface area contributed by atoms with Crippen molar-refractivity contribution in [2.75, 3.05) is 0 Å². The van der Waals surface area contributed by atoms with Gasteiger partial charge < -0.3 is 10.5 Å². The highest BCUT2D eigenvalue weighted by Crippen LogP contribution is 2.35. The summed E-state index contributed by atoms with van der Waals surface area (Å²) in [6, 6.07) is 9.56. The maximum atomic E-state index is 11.7. The molecule has 2 aromatic rings. The lowest BCUT2D eigenvalue weighted by molar-refractivity contribution is 0.289. The Morgan fingerprint density at radius 1 is 1.33 bits per heavy atom. The Balaban J connectivity index is 2.30. The second kappa shape index (κ2) is 3.96. The van der Waals surface area contributed by atoms with Gasteiger partial charge in [-0.2, -0.15) is 0 Å². The minimum absolute atomic E-state index is 0.0853. The molecule has 3 N–H and O–H groups in total. The molecule has 90 valence electrons. The van der Waals surface area contributed by atoms with Gasteiger partial charge in [0, 0.05) is 5.56 Å². The number of hydrogen-bond acceptors (Lipinski definition) is 3. The van der Waals surface area contributed by atoms with Crippen LogP contribution in [0.4, 0.5) is 0 Å². The zero-order chi connectivity index (χ0) is 12.7. The molecule has 18 heavy (non-hydrogen) atoms. The van der Waals surface area contributed by atoms with E-state index in [1.165, 1.54) is 0 Å². The number of hydrogen-bond donors (Lipinski definition) is 2. The molecule has 0 saturated heterocycles. The first-order chi connectivity index (χ1) is 8.66. The van der Waals surface area contributed by atoms with Crippen LogP contribution in [0.5, 0.6) is 5.88 Å². The maximum Gasteiger partial charge on any atom is 0.260 e. The fourth-order valence-electron chi connectivity index (χ4n) is 2.07. The Bertz CT molecular complexity index is 706. The lowest BCUT2D eigenvalue weighted by Gasteiger charge is -2.20. The van der Waals surface area contributed by atoms with Crippen molar-refractivity contribution >= 4 is 17.2 Å². The van der Waals surface area contributed by atoms with Crippen LogP contribution in [0, 0.1) is 0 Å². The Hall–Kier alpha value is -2.14. The van der Waals surface area contributed by atoms with E-state index >= 15 is 0 Å². The molecule has 0 bridgehead atoms. The van der Waals surface area contributed by atoms with Crippen molar-refractivity contribution in [3.05, 3.63) is 51.8 Å². The van der Waals surface area contributed by atoms with Crippen molar-refractivity contribution in [2.45, 2.75) is 6.61 Å². The van der Waals surface area contributed by atoms with E-state index < -0.39 is 0 Å². The molecule has 0 aliphatic carbocycles. The summed E-state index contributed by atoms with van der Waals surface area (Å²) in [5, 5.41) is 0. The average molecular weight is 258 g/mol. The number of aromatic nitrogens is 1. The van der Waals surface area contributed by atoms with Gasteiger partial charge in [-0.3, -0.25) is 9.78 Å². The number of pyridine rings is 1. The largest absolute Gasteiger partial charge is 0.474 e. The highest BCUT2D eigenvalue weighted by Gasteiger charge is 2.19. The number of fused-ring (bicyclic) bond motifs is 3. The quantitative estimate of drug-likeness (QED) is 0.762. The molecule has 1 aliphatic rings. The number of H-pyrrole nitrogens is 1. The second-order valence-corrected chi connectivity index (χ2v) is 4.50. The number of nitrogens with two attached hydrogens (primary N) is 1. The van der Waals surface area contributed by atoms with Crippen LogP contribution in [-0.4, -0.2) is 9.97 Å². The van der Waals surface area contributed by atoms with Crippen LogP contribution in [0.2, 0.25) is 0 Å². The Labute approximate surface area is 108 Å².